The van der Waals surface area contributed by atoms with Gasteiger partial charge >= 0.3 is 0 Å². The first-order valence-electron chi connectivity index (χ1n) is 15.1. The number of fused-ring (bicyclic) bond motifs is 1. The van der Waals surface area contributed by atoms with E-state index in [0.717, 1.165) is 56.0 Å². The van der Waals surface area contributed by atoms with E-state index in [-0.39, 0.29) is 18.1 Å². The summed E-state index contributed by atoms with van der Waals surface area (Å²) in [5.74, 6) is 2.32. The Bertz CT molecular complexity index is 1010. The van der Waals surface area contributed by atoms with Crippen LogP contribution in [0.1, 0.15) is 89.0 Å². The normalized spacial score (nSPS) is 21.7. The van der Waals surface area contributed by atoms with Gasteiger partial charge in [0, 0.05) is 45.3 Å². The summed E-state index contributed by atoms with van der Waals surface area (Å²) in [5.41, 5.74) is 1.13. The maximum absolute atomic E-state index is 13.0. The molecule has 1 unspecified atom stereocenters. The maximum atomic E-state index is 13.0. The van der Waals surface area contributed by atoms with Crippen molar-refractivity contribution in [2.24, 2.45) is 18.9 Å². The lowest BCUT2D eigenvalue weighted by molar-refractivity contribution is 0.0901. The fourth-order valence-electron chi connectivity index (χ4n) is 6.20. The molecule has 0 bridgehead atoms. The number of ether oxygens (including phenoxy) is 1. The molecule has 2 aliphatic heterocycles. The Morgan fingerprint density at radius 3 is 2.34 bits per heavy atom. The van der Waals surface area contributed by atoms with Crippen molar-refractivity contribution < 1.29 is 9.53 Å². The Labute approximate surface area is 229 Å². The standard InChI is InChI=1S/C24H37N5O2.C6H13N/c1-4-19(5-2)31-21-11-10-20-22(27-28(3)23(20)26-21)24(30)25-18-12-14-29(15-13-18)16-17-8-6-7-9-17;1-6-3-4-7(2)5-6/h10-11,17-19H,4-9,12-16H2,1-3H3,(H,25,30);6H,3-5H2,1-2H3. The van der Waals surface area contributed by atoms with Crippen molar-refractivity contribution in [1.82, 2.24) is 29.9 Å². The van der Waals surface area contributed by atoms with Crippen LogP contribution in [0.3, 0.4) is 0 Å². The molecule has 4 heterocycles. The molecular formula is C30H50N6O2. The highest BCUT2D eigenvalue weighted by Crippen LogP contribution is 2.27. The molecule has 1 saturated carbocycles. The minimum atomic E-state index is -0.102. The number of nitrogens with zero attached hydrogens (tertiary/aromatic N) is 5. The summed E-state index contributed by atoms with van der Waals surface area (Å²) in [5, 5.41) is 8.47. The van der Waals surface area contributed by atoms with Crippen molar-refractivity contribution in [3.05, 3.63) is 17.8 Å². The Balaban J connectivity index is 0.000000417. The van der Waals surface area contributed by atoms with Crippen LogP contribution in [0.2, 0.25) is 0 Å². The fourth-order valence-corrected chi connectivity index (χ4v) is 6.20. The summed E-state index contributed by atoms with van der Waals surface area (Å²) in [6, 6.07) is 3.97. The van der Waals surface area contributed by atoms with Gasteiger partial charge in [-0.15, -0.1) is 0 Å². The van der Waals surface area contributed by atoms with E-state index >= 15 is 0 Å². The lowest BCUT2D eigenvalue weighted by Crippen LogP contribution is -2.45. The summed E-state index contributed by atoms with van der Waals surface area (Å²) in [6.45, 7) is 12.5. The van der Waals surface area contributed by atoms with E-state index in [0.29, 0.717) is 17.2 Å². The second-order valence-corrected chi connectivity index (χ2v) is 11.9. The molecule has 3 fully saturated rings. The molecule has 2 aromatic rings. The maximum Gasteiger partial charge on any atom is 0.272 e. The van der Waals surface area contributed by atoms with Gasteiger partial charge in [0.25, 0.3) is 5.91 Å². The number of aromatic nitrogens is 3. The van der Waals surface area contributed by atoms with Gasteiger partial charge in [0.05, 0.1) is 11.5 Å². The van der Waals surface area contributed by atoms with Gasteiger partial charge in [-0.05, 0) is 76.4 Å². The van der Waals surface area contributed by atoms with E-state index < -0.39 is 0 Å². The van der Waals surface area contributed by atoms with Gasteiger partial charge in [0.1, 0.15) is 0 Å². The number of pyridine rings is 1. The first-order valence-corrected chi connectivity index (χ1v) is 15.1. The molecular weight excluding hydrogens is 476 g/mol. The van der Waals surface area contributed by atoms with Crippen molar-refractivity contribution in [2.75, 3.05) is 39.8 Å². The Morgan fingerprint density at radius 2 is 1.76 bits per heavy atom. The second-order valence-electron chi connectivity index (χ2n) is 11.9. The number of hydrogen-bond acceptors (Lipinski definition) is 6. The largest absolute Gasteiger partial charge is 0.474 e. The molecule has 1 atom stereocenters. The third kappa shape index (κ3) is 7.69. The number of aryl methyl sites for hydroxylation is 1. The van der Waals surface area contributed by atoms with Gasteiger partial charge in [-0.25, -0.2) is 4.68 Å². The third-order valence-electron chi connectivity index (χ3n) is 8.62. The number of nitrogens with one attached hydrogen (secondary N) is 1. The van der Waals surface area contributed by atoms with Crippen molar-refractivity contribution in [1.29, 1.82) is 0 Å². The predicted octanol–water partition coefficient (Wildman–Crippen LogP) is 4.88. The van der Waals surface area contributed by atoms with E-state index in [4.69, 9.17) is 4.74 Å². The first-order chi connectivity index (χ1) is 18.4. The number of hydrogen-bond donors (Lipinski definition) is 1. The van der Waals surface area contributed by atoms with Crippen molar-refractivity contribution in [2.45, 2.75) is 90.7 Å². The molecule has 0 radical (unpaired) electrons. The number of piperidine rings is 1. The molecule has 212 valence electrons. The molecule has 8 heteroatoms. The van der Waals surface area contributed by atoms with E-state index in [1.54, 1.807) is 4.68 Å². The zero-order valence-corrected chi connectivity index (χ0v) is 24.4. The number of amides is 1. The van der Waals surface area contributed by atoms with Gasteiger partial charge < -0.3 is 19.9 Å². The number of carbonyl (C=O) groups excluding carboxylic acids is 1. The minimum absolute atomic E-state index is 0.102. The SMILES string of the molecule is CC1CCN(C)C1.CCC(CC)Oc1ccc2c(C(=O)NC3CCN(CC4CCCC4)CC3)nn(C)c2n1. The molecule has 0 spiro atoms. The lowest BCUT2D eigenvalue weighted by Gasteiger charge is -2.33. The Hall–Kier alpha value is -2.19. The zero-order chi connectivity index (χ0) is 27.1. The van der Waals surface area contributed by atoms with Gasteiger partial charge in [-0.2, -0.15) is 10.1 Å². The van der Waals surface area contributed by atoms with Gasteiger partial charge in [-0.1, -0.05) is 33.6 Å². The second kappa shape index (κ2) is 13.7. The smallest absolute Gasteiger partial charge is 0.272 e. The minimum Gasteiger partial charge on any atom is -0.474 e. The molecule has 2 aromatic heterocycles. The molecule has 2 saturated heterocycles. The van der Waals surface area contributed by atoms with Crippen LogP contribution in [0.15, 0.2) is 12.1 Å². The number of likely N-dealkylation sites (tertiary alicyclic amines) is 2. The first kappa shape index (κ1) is 28.8. The van der Waals surface area contributed by atoms with Crippen molar-refractivity contribution in [3.8, 4) is 5.88 Å². The van der Waals surface area contributed by atoms with E-state index in [9.17, 15) is 4.79 Å². The molecule has 5 rings (SSSR count). The topological polar surface area (TPSA) is 75.5 Å². The summed E-state index contributed by atoms with van der Waals surface area (Å²) in [7, 11) is 4.01. The van der Waals surface area contributed by atoms with Gasteiger partial charge in [-0.3, -0.25) is 4.79 Å². The van der Waals surface area contributed by atoms with Crippen LogP contribution in [0, 0.1) is 11.8 Å². The summed E-state index contributed by atoms with van der Waals surface area (Å²) in [6.07, 6.45) is 11.0. The molecule has 1 N–H and O–H groups in total. The van der Waals surface area contributed by atoms with E-state index in [1.165, 1.54) is 51.7 Å². The van der Waals surface area contributed by atoms with Crippen LogP contribution in [-0.4, -0.2) is 82.4 Å². The highest BCUT2D eigenvalue weighted by molar-refractivity contribution is 6.04. The van der Waals surface area contributed by atoms with E-state index in [1.807, 2.05) is 19.2 Å². The molecule has 1 aliphatic carbocycles. The summed E-state index contributed by atoms with van der Waals surface area (Å²) >= 11 is 0. The lowest BCUT2D eigenvalue weighted by atomic mass is 10.0. The predicted molar refractivity (Wildman–Crippen MR) is 154 cm³/mol. The molecule has 8 nitrogen and oxygen atoms in total. The highest BCUT2D eigenvalue weighted by atomic mass is 16.5. The van der Waals surface area contributed by atoms with Crippen LogP contribution >= 0.6 is 0 Å². The Kier molecular flexibility index (Phi) is 10.4. The van der Waals surface area contributed by atoms with Crippen LogP contribution in [0.5, 0.6) is 5.88 Å². The van der Waals surface area contributed by atoms with Crippen molar-refractivity contribution >= 4 is 16.9 Å². The van der Waals surface area contributed by atoms with Gasteiger partial charge in [0.15, 0.2) is 11.3 Å². The quantitative estimate of drug-likeness (QED) is 0.529. The van der Waals surface area contributed by atoms with Crippen LogP contribution in [-0.2, 0) is 7.05 Å². The molecule has 0 aromatic carbocycles. The van der Waals surface area contributed by atoms with Crippen LogP contribution in [0.25, 0.3) is 11.0 Å². The fraction of sp³-hybridized carbons (Fsp3) is 0.767. The van der Waals surface area contributed by atoms with Crippen molar-refractivity contribution in [3.63, 3.8) is 0 Å². The summed E-state index contributed by atoms with van der Waals surface area (Å²) in [4.78, 5) is 22.6. The molecule has 3 aliphatic rings. The molecule has 1 amide bonds. The van der Waals surface area contributed by atoms with Crippen LogP contribution in [0.4, 0.5) is 0 Å². The third-order valence-corrected chi connectivity index (χ3v) is 8.62. The number of carbonyl (C=O) groups is 1. The van der Waals surface area contributed by atoms with Crippen LogP contribution < -0.4 is 10.1 Å². The Morgan fingerprint density at radius 1 is 1.05 bits per heavy atom. The van der Waals surface area contributed by atoms with E-state index in [2.05, 4.69) is 53.0 Å². The average Bonchev–Trinajstić information content (AvgIpc) is 3.65. The summed E-state index contributed by atoms with van der Waals surface area (Å²) < 4.78 is 7.64. The molecule has 38 heavy (non-hydrogen) atoms. The number of rotatable bonds is 8. The zero-order valence-electron chi connectivity index (χ0n) is 24.4. The monoisotopic (exact) mass is 526 g/mol. The highest BCUT2D eigenvalue weighted by Gasteiger charge is 2.26. The van der Waals surface area contributed by atoms with Gasteiger partial charge in [0.2, 0.25) is 5.88 Å². The average molecular weight is 527 g/mol.